The molecule has 1 fully saturated rings. The first-order valence-corrected chi connectivity index (χ1v) is 10.7. The van der Waals surface area contributed by atoms with Crippen LogP contribution in [0, 0.1) is 0 Å². The van der Waals surface area contributed by atoms with E-state index in [-0.39, 0.29) is 12.2 Å². The summed E-state index contributed by atoms with van der Waals surface area (Å²) in [7, 11) is 0. The van der Waals surface area contributed by atoms with E-state index in [1.165, 1.54) is 11.8 Å². The number of carboxylic acid groups (broad SMARTS) is 3. The molecule has 1 aromatic carbocycles. The molecule has 1 aromatic heterocycles. The van der Waals surface area contributed by atoms with E-state index in [4.69, 9.17) is 9.90 Å². The lowest BCUT2D eigenvalue weighted by molar-refractivity contribution is -0.192. The third-order valence-electron chi connectivity index (χ3n) is 5.46. The summed E-state index contributed by atoms with van der Waals surface area (Å²) in [6.45, 7) is 1.79. The number of aromatic nitrogens is 1. The van der Waals surface area contributed by atoms with Crippen molar-refractivity contribution in [2.24, 2.45) is 0 Å². The van der Waals surface area contributed by atoms with Gasteiger partial charge in [0.25, 0.3) is 0 Å². The fourth-order valence-electron chi connectivity index (χ4n) is 3.72. The number of amides is 1. The average molecular weight is 515 g/mol. The number of aliphatic carboxylic acids is 3. The van der Waals surface area contributed by atoms with E-state index in [1.807, 2.05) is 12.1 Å². The highest BCUT2D eigenvalue weighted by molar-refractivity contribution is 6.09. The van der Waals surface area contributed by atoms with Gasteiger partial charge in [-0.3, -0.25) is 19.7 Å². The SMILES string of the molecule is C[C@H](NC(CC(=O)c1c[nH]c2ccccc12)C(=O)O)C(=O)N1CCC[C@H]1C(=O)O.O=C(O)C(F)(F)F. The Morgan fingerprint density at radius 3 is 2.31 bits per heavy atom. The van der Waals surface area contributed by atoms with E-state index in [0.29, 0.717) is 30.3 Å². The van der Waals surface area contributed by atoms with Crippen LogP contribution in [0.15, 0.2) is 30.5 Å². The summed E-state index contributed by atoms with van der Waals surface area (Å²) in [4.78, 5) is 61.4. The summed E-state index contributed by atoms with van der Waals surface area (Å²) >= 11 is 0. The first-order chi connectivity index (χ1) is 16.7. The molecule has 1 aliphatic heterocycles. The van der Waals surface area contributed by atoms with Gasteiger partial charge in [-0.2, -0.15) is 13.2 Å². The quantitative estimate of drug-likeness (QED) is 0.329. The number of likely N-dealkylation sites (tertiary alicyclic amines) is 1. The number of nitrogens with zero attached hydrogens (tertiary/aromatic N) is 1. The highest BCUT2D eigenvalue weighted by Gasteiger charge is 2.38. The van der Waals surface area contributed by atoms with Gasteiger partial charge in [-0.1, -0.05) is 18.2 Å². The second-order valence-corrected chi connectivity index (χ2v) is 7.99. The fraction of sp³-hybridized carbons (Fsp3) is 0.409. The molecule has 11 nitrogen and oxygen atoms in total. The third kappa shape index (κ3) is 7.04. The molecule has 5 N–H and O–H groups in total. The van der Waals surface area contributed by atoms with Crippen molar-refractivity contribution in [3.05, 3.63) is 36.0 Å². The Bertz CT molecular complexity index is 1150. The molecule has 1 unspecified atom stereocenters. The molecule has 196 valence electrons. The molecular formula is C22H24F3N3O8. The predicted molar refractivity (Wildman–Crippen MR) is 117 cm³/mol. The maximum absolute atomic E-state index is 12.7. The standard InChI is InChI=1S/C20H23N3O6.C2HF3O2/c1-11(18(25)23-8-4-7-16(23)20(28)29)22-15(19(26)27)9-17(24)13-10-21-14-6-3-2-5-12(13)14;3-2(4,5)1(6)7/h2-3,5-6,10-11,15-16,21-22H,4,7-9H2,1H3,(H,26,27)(H,28,29);(H,6,7)/t11-,15?,16-;/m0./s1. The maximum atomic E-state index is 12.7. The molecule has 0 saturated carbocycles. The molecule has 1 aliphatic rings. The van der Waals surface area contributed by atoms with Gasteiger partial charge in [0.15, 0.2) is 5.78 Å². The van der Waals surface area contributed by atoms with Crippen LogP contribution in [0.2, 0.25) is 0 Å². The van der Waals surface area contributed by atoms with Crippen molar-refractivity contribution >= 4 is 40.5 Å². The van der Waals surface area contributed by atoms with Crippen molar-refractivity contribution in [2.75, 3.05) is 6.54 Å². The van der Waals surface area contributed by atoms with Crippen LogP contribution >= 0.6 is 0 Å². The zero-order valence-corrected chi connectivity index (χ0v) is 18.9. The van der Waals surface area contributed by atoms with Crippen LogP contribution in [-0.2, 0) is 19.2 Å². The van der Waals surface area contributed by atoms with Crippen LogP contribution in [-0.4, -0.2) is 85.6 Å². The number of ketones is 1. The number of rotatable bonds is 8. The highest BCUT2D eigenvalue weighted by Crippen LogP contribution is 2.21. The van der Waals surface area contributed by atoms with Gasteiger partial charge in [0.2, 0.25) is 5.91 Å². The van der Waals surface area contributed by atoms with Crippen LogP contribution in [0.1, 0.15) is 36.5 Å². The van der Waals surface area contributed by atoms with Crippen LogP contribution in [0.5, 0.6) is 0 Å². The van der Waals surface area contributed by atoms with Crippen molar-refractivity contribution in [3.8, 4) is 0 Å². The van der Waals surface area contributed by atoms with Gasteiger partial charge in [0.05, 0.1) is 6.04 Å². The van der Waals surface area contributed by atoms with Gasteiger partial charge in [-0.05, 0) is 25.8 Å². The number of halogens is 3. The summed E-state index contributed by atoms with van der Waals surface area (Å²) in [5, 5.41) is 29.3. The van der Waals surface area contributed by atoms with E-state index in [0.717, 1.165) is 5.52 Å². The largest absolute Gasteiger partial charge is 0.490 e. The molecule has 1 amide bonds. The number of carbonyl (C=O) groups excluding carboxylic acids is 2. The minimum Gasteiger partial charge on any atom is -0.480 e. The number of fused-ring (bicyclic) bond motifs is 1. The number of hydrogen-bond acceptors (Lipinski definition) is 6. The van der Waals surface area contributed by atoms with Gasteiger partial charge in [0, 0.05) is 35.6 Å². The number of nitrogens with one attached hydrogen (secondary N) is 2. The maximum Gasteiger partial charge on any atom is 0.490 e. The predicted octanol–water partition coefficient (Wildman–Crippen LogP) is 1.88. The van der Waals surface area contributed by atoms with Gasteiger partial charge in [-0.15, -0.1) is 0 Å². The van der Waals surface area contributed by atoms with E-state index < -0.39 is 48.1 Å². The summed E-state index contributed by atoms with van der Waals surface area (Å²) < 4.78 is 31.7. The second kappa shape index (κ2) is 11.7. The lowest BCUT2D eigenvalue weighted by Gasteiger charge is -2.27. The molecule has 2 aromatic rings. The van der Waals surface area contributed by atoms with Crippen LogP contribution < -0.4 is 5.32 Å². The van der Waals surface area contributed by atoms with E-state index >= 15 is 0 Å². The van der Waals surface area contributed by atoms with Crippen molar-refractivity contribution in [1.29, 1.82) is 0 Å². The summed E-state index contributed by atoms with van der Waals surface area (Å²) in [6.07, 6.45) is -2.93. The second-order valence-electron chi connectivity index (χ2n) is 7.99. The number of Topliss-reactive ketones (excluding diaryl/α,β-unsaturated/α-hetero) is 1. The number of carboxylic acids is 3. The van der Waals surface area contributed by atoms with Gasteiger partial charge in [-0.25, -0.2) is 9.59 Å². The lowest BCUT2D eigenvalue weighted by atomic mass is 10.0. The topological polar surface area (TPSA) is 177 Å². The Morgan fingerprint density at radius 2 is 1.75 bits per heavy atom. The molecular weight excluding hydrogens is 491 g/mol. The van der Waals surface area contributed by atoms with Crippen LogP contribution in [0.3, 0.4) is 0 Å². The average Bonchev–Trinajstić information content (AvgIpc) is 3.45. The monoisotopic (exact) mass is 515 g/mol. The first kappa shape index (κ1) is 28.3. The first-order valence-electron chi connectivity index (χ1n) is 10.7. The number of aromatic amines is 1. The van der Waals surface area contributed by atoms with Crippen LogP contribution in [0.4, 0.5) is 13.2 Å². The Hall–Kier alpha value is -3.94. The molecule has 0 bridgehead atoms. The van der Waals surface area contributed by atoms with Crippen molar-refractivity contribution in [1.82, 2.24) is 15.2 Å². The van der Waals surface area contributed by atoms with E-state index in [2.05, 4.69) is 10.3 Å². The summed E-state index contributed by atoms with van der Waals surface area (Å²) in [6, 6.07) is 4.08. The fourth-order valence-corrected chi connectivity index (χ4v) is 3.72. The number of hydrogen-bond donors (Lipinski definition) is 5. The smallest absolute Gasteiger partial charge is 0.480 e. The molecule has 1 saturated heterocycles. The Kier molecular flexibility index (Phi) is 9.17. The molecule has 14 heteroatoms. The van der Waals surface area contributed by atoms with E-state index in [9.17, 15) is 42.6 Å². The lowest BCUT2D eigenvalue weighted by Crippen LogP contribution is -2.53. The van der Waals surface area contributed by atoms with Crippen molar-refractivity contribution < 1.29 is 52.5 Å². The van der Waals surface area contributed by atoms with Gasteiger partial charge < -0.3 is 25.2 Å². The zero-order valence-electron chi connectivity index (χ0n) is 18.9. The third-order valence-corrected chi connectivity index (χ3v) is 5.46. The van der Waals surface area contributed by atoms with Gasteiger partial charge in [0.1, 0.15) is 12.1 Å². The molecule has 0 aliphatic carbocycles. The van der Waals surface area contributed by atoms with Crippen molar-refractivity contribution in [2.45, 2.75) is 50.5 Å². The Labute approximate surface area is 201 Å². The van der Waals surface area contributed by atoms with E-state index in [1.54, 1.807) is 18.3 Å². The zero-order chi connectivity index (χ0) is 27.2. The summed E-state index contributed by atoms with van der Waals surface area (Å²) in [5.41, 5.74) is 1.16. The number of H-pyrrole nitrogens is 1. The summed E-state index contributed by atoms with van der Waals surface area (Å²) in [5.74, 6) is -5.94. The minimum atomic E-state index is -5.08. The van der Waals surface area contributed by atoms with Crippen LogP contribution in [0.25, 0.3) is 10.9 Å². The van der Waals surface area contributed by atoms with Gasteiger partial charge >= 0.3 is 24.1 Å². The van der Waals surface area contributed by atoms with Crippen molar-refractivity contribution in [3.63, 3.8) is 0 Å². The molecule has 2 heterocycles. The highest BCUT2D eigenvalue weighted by atomic mass is 19.4. The molecule has 0 radical (unpaired) electrons. The Balaban J connectivity index is 0.000000572. The normalized spacial score (nSPS) is 17.1. The molecule has 36 heavy (non-hydrogen) atoms. The molecule has 3 rings (SSSR count). The number of para-hydroxylation sites is 1. The minimum absolute atomic E-state index is 0.313. The Morgan fingerprint density at radius 1 is 1.14 bits per heavy atom. The molecule has 3 atom stereocenters. The molecule has 0 spiro atoms. The number of carbonyl (C=O) groups is 5. The number of alkyl halides is 3. The number of benzene rings is 1.